The molecule has 1 aliphatic heterocycles. The fraction of sp³-hybridized carbons (Fsp3) is 0.200. The van der Waals surface area contributed by atoms with Crippen molar-refractivity contribution in [2.24, 2.45) is 0 Å². The third-order valence-corrected chi connectivity index (χ3v) is 2.48. The lowest BCUT2D eigenvalue weighted by atomic mass is 10.1. The molecule has 1 aromatic carbocycles. The molecule has 0 fully saturated rings. The van der Waals surface area contributed by atoms with Crippen molar-refractivity contribution in [2.75, 3.05) is 7.05 Å². The van der Waals surface area contributed by atoms with Crippen LogP contribution < -0.4 is 0 Å². The Morgan fingerprint density at radius 3 is 2.93 bits per heavy atom. The predicted octanol–water partition coefficient (Wildman–Crippen LogP) is 2.01. The van der Waals surface area contributed by atoms with E-state index < -0.39 is 0 Å². The van der Waals surface area contributed by atoms with Gasteiger partial charge in [0.2, 0.25) is 0 Å². The molecule has 0 radical (unpaired) electrons. The molecule has 4 nitrogen and oxygen atoms in total. The Balaban J connectivity index is 2.51. The second kappa shape index (κ2) is 2.83. The van der Waals surface area contributed by atoms with Crippen LogP contribution in [0.25, 0.3) is 5.70 Å². The van der Waals surface area contributed by atoms with E-state index in [2.05, 4.69) is 6.58 Å². The van der Waals surface area contributed by atoms with Crippen molar-refractivity contribution in [1.29, 1.82) is 0 Å². The Morgan fingerprint density at radius 2 is 2.29 bits per heavy atom. The van der Waals surface area contributed by atoms with Crippen LogP contribution in [0, 0.1) is 10.1 Å². The van der Waals surface area contributed by atoms with Gasteiger partial charge in [-0.2, -0.15) is 0 Å². The number of nitro groups is 1. The molecule has 0 spiro atoms. The fourth-order valence-corrected chi connectivity index (χ4v) is 1.64. The number of non-ortho nitro benzene ring substituents is 1. The van der Waals surface area contributed by atoms with Crippen LogP contribution in [-0.2, 0) is 6.54 Å². The van der Waals surface area contributed by atoms with Crippen LogP contribution in [0.3, 0.4) is 0 Å². The number of rotatable bonds is 1. The van der Waals surface area contributed by atoms with Crippen LogP contribution in [0.1, 0.15) is 11.1 Å². The Kier molecular flexibility index (Phi) is 1.77. The van der Waals surface area contributed by atoms with E-state index in [0.717, 1.165) is 23.4 Å². The zero-order chi connectivity index (χ0) is 10.3. The van der Waals surface area contributed by atoms with Crippen LogP contribution in [0.5, 0.6) is 0 Å². The zero-order valence-electron chi connectivity index (χ0n) is 7.86. The number of hydrogen-bond donors (Lipinski definition) is 0. The van der Waals surface area contributed by atoms with Crippen molar-refractivity contribution in [3.63, 3.8) is 0 Å². The van der Waals surface area contributed by atoms with Crippen molar-refractivity contribution < 1.29 is 4.92 Å². The van der Waals surface area contributed by atoms with Gasteiger partial charge in [-0.1, -0.05) is 6.58 Å². The molecule has 1 aliphatic rings. The predicted molar refractivity (Wildman–Crippen MR) is 53.6 cm³/mol. The summed E-state index contributed by atoms with van der Waals surface area (Å²) in [6, 6.07) is 4.91. The molecule has 14 heavy (non-hydrogen) atoms. The van der Waals surface area contributed by atoms with Gasteiger partial charge < -0.3 is 4.90 Å². The number of fused-ring (bicyclic) bond motifs is 1. The van der Waals surface area contributed by atoms with Gasteiger partial charge >= 0.3 is 0 Å². The van der Waals surface area contributed by atoms with Gasteiger partial charge in [0.25, 0.3) is 5.69 Å². The second-order valence-electron chi connectivity index (χ2n) is 3.40. The Bertz CT molecular complexity index is 426. The summed E-state index contributed by atoms with van der Waals surface area (Å²) >= 11 is 0. The molecule has 0 aliphatic carbocycles. The molecular weight excluding hydrogens is 180 g/mol. The maximum atomic E-state index is 10.6. The zero-order valence-corrected chi connectivity index (χ0v) is 7.86. The number of benzene rings is 1. The van der Waals surface area contributed by atoms with Gasteiger partial charge in [-0.15, -0.1) is 0 Å². The molecule has 4 heteroatoms. The van der Waals surface area contributed by atoms with E-state index >= 15 is 0 Å². The van der Waals surface area contributed by atoms with Crippen molar-refractivity contribution >= 4 is 11.4 Å². The lowest BCUT2D eigenvalue weighted by molar-refractivity contribution is -0.384. The van der Waals surface area contributed by atoms with Gasteiger partial charge in [0.05, 0.1) is 4.92 Å². The first-order valence-corrected chi connectivity index (χ1v) is 4.27. The molecule has 0 bridgehead atoms. The smallest absolute Gasteiger partial charge is 0.270 e. The lowest BCUT2D eigenvalue weighted by Gasteiger charge is -2.09. The molecule has 0 atom stereocenters. The maximum Gasteiger partial charge on any atom is 0.270 e. The van der Waals surface area contributed by atoms with Crippen LogP contribution >= 0.6 is 0 Å². The minimum atomic E-state index is -0.383. The van der Waals surface area contributed by atoms with Gasteiger partial charge in [0.1, 0.15) is 0 Å². The molecule has 1 heterocycles. The summed E-state index contributed by atoms with van der Waals surface area (Å²) in [6.45, 7) is 4.66. The summed E-state index contributed by atoms with van der Waals surface area (Å²) in [5.41, 5.74) is 2.97. The topological polar surface area (TPSA) is 46.4 Å². The third-order valence-electron chi connectivity index (χ3n) is 2.48. The van der Waals surface area contributed by atoms with Gasteiger partial charge in [-0.05, 0) is 11.6 Å². The molecule has 0 saturated heterocycles. The summed E-state index contributed by atoms with van der Waals surface area (Å²) in [7, 11) is 1.92. The van der Waals surface area contributed by atoms with Crippen molar-refractivity contribution in [1.82, 2.24) is 4.90 Å². The summed E-state index contributed by atoms with van der Waals surface area (Å²) in [5.74, 6) is 0. The van der Waals surface area contributed by atoms with E-state index in [9.17, 15) is 10.1 Å². The van der Waals surface area contributed by atoms with Crippen molar-refractivity contribution in [3.05, 3.63) is 46.0 Å². The van der Waals surface area contributed by atoms with E-state index in [1.165, 1.54) is 6.07 Å². The molecule has 0 amide bonds. The van der Waals surface area contributed by atoms with Crippen molar-refractivity contribution in [2.45, 2.75) is 6.54 Å². The van der Waals surface area contributed by atoms with Crippen LogP contribution in [-0.4, -0.2) is 16.9 Å². The Hall–Kier alpha value is -1.84. The third kappa shape index (κ3) is 1.16. The Labute approximate surface area is 81.6 Å². The fourth-order valence-electron chi connectivity index (χ4n) is 1.64. The highest BCUT2D eigenvalue weighted by Gasteiger charge is 2.21. The van der Waals surface area contributed by atoms with Crippen molar-refractivity contribution in [3.8, 4) is 0 Å². The summed E-state index contributed by atoms with van der Waals surface area (Å²) in [5, 5.41) is 10.6. The average Bonchev–Trinajstić information content (AvgIpc) is 2.43. The monoisotopic (exact) mass is 190 g/mol. The first kappa shape index (κ1) is 8.74. The minimum Gasteiger partial charge on any atom is -0.370 e. The number of hydrogen-bond acceptors (Lipinski definition) is 3. The van der Waals surface area contributed by atoms with E-state index in [1.54, 1.807) is 12.1 Å². The molecule has 72 valence electrons. The van der Waals surface area contributed by atoms with Crippen LogP contribution in [0.15, 0.2) is 24.8 Å². The first-order chi connectivity index (χ1) is 6.59. The quantitative estimate of drug-likeness (QED) is 0.502. The molecule has 2 rings (SSSR count). The van der Waals surface area contributed by atoms with Crippen LogP contribution in [0.2, 0.25) is 0 Å². The normalized spacial score (nSPS) is 14.4. The summed E-state index contributed by atoms with van der Waals surface area (Å²) < 4.78 is 0. The summed E-state index contributed by atoms with van der Waals surface area (Å²) in [6.07, 6.45) is 0. The second-order valence-corrected chi connectivity index (χ2v) is 3.40. The van der Waals surface area contributed by atoms with Gasteiger partial charge in [0, 0.05) is 37.0 Å². The van der Waals surface area contributed by atoms with E-state index in [0.29, 0.717) is 0 Å². The SMILES string of the molecule is C=C1c2cc([N+](=O)[O-])ccc2CN1C. The maximum absolute atomic E-state index is 10.6. The van der Waals surface area contributed by atoms with Gasteiger partial charge in [-0.25, -0.2) is 0 Å². The number of nitro benzene ring substituents is 1. The highest BCUT2D eigenvalue weighted by atomic mass is 16.6. The molecule has 0 aromatic heterocycles. The molecular formula is C10H10N2O2. The van der Waals surface area contributed by atoms with Gasteiger partial charge in [-0.3, -0.25) is 10.1 Å². The molecule has 1 aromatic rings. The standard InChI is InChI=1S/C10H10N2O2/c1-7-10-5-9(12(13)14)4-3-8(10)6-11(7)2/h3-5H,1,6H2,2H3. The van der Waals surface area contributed by atoms with Crippen LogP contribution in [0.4, 0.5) is 5.69 Å². The Morgan fingerprint density at radius 1 is 1.57 bits per heavy atom. The highest BCUT2D eigenvalue weighted by molar-refractivity contribution is 5.70. The summed E-state index contributed by atoms with van der Waals surface area (Å²) in [4.78, 5) is 12.1. The lowest BCUT2D eigenvalue weighted by Crippen LogP contribution is -2.05. The van der Waals surface area contributed by atoms with E-state index in [4.69, 9.17) is 0 Å². The van der Waals surface area contributed by atoms with E-state index in [-0.39, 0.29) is 10.6 Å². The first-order valence-electron chi connectivity index (χ1n) is 4.27. The highest BCUT2D eigenvalue weighted by Crippen LogP contribution is 2.32. The van der Waals surface area contributed by atoms with Gasteiger partial charge in [0.15, 0.2) is 0 Å². The minimum absolute atomic E-state index is 0.125. The average molecular weight is 190 g/mol. The molecule has 0 N–H and O–H groups in total. The van der Waals surface area contributed by atoms with E-state index in [1.807, 2.05) is 11.9 Å². The molecule has 0 saturated carbocycles. The molecule has 0 unspecified atom stereocenters. The largest absolute Gasteiger partial charge is 0.370 e. The number of nitrogens with zero attached hydrogens (tertiary/aromatic N) is 2.